The number of halogens is 1. The maximum absolute atomic E-state index is 13.0. The van der Waals surface area contributed by atoms with Crippen LogP contribution < -0.4 is 10.6 Å². The highest BCUT2D eigenvalue weighted by Gasteiger charge is 2.27. The summed E-state index contributed by atoms with van der Waals surface area (Å²) in [5.41, 5.74) is 1.86. The number of hydrogen-bond donors (Lipinski definition) is 2. The minimum Gasteiger partial charge on any atom is -0.454 e. The van der Waals surface area contributed by atoms with Crippen molar-refractivity contribution in [2.24, 2.45) is 5.92 Å². The molecule has 2 N–H and O–H groups in total. The van der Waals surface area contributed by atoms with Gasteiger partial charge in [0, 0.05) is 16.5 Å². The van der Waals surface area contributed by atoms with Crippen LogP contribution in [0.5, 0.6) is 0 Å². The standard InChI is InChI=1S/C23H22FN3O4S/c1-14(2)20(27-21(29)16-8-10-17(24)11-9-16)22(30)31-12-19(28)26-23-25-18(13-32-23)15-6-4-3-5-7-15/h3-11,13-14,20H,12H2,1-2H3,(H,27,29)(H,25,26,28)/t20-/m1/s1. The summed E-state index contributed by atoms with van der Waals surface area (Å²) in [6.45, 7) is 2.95. The minimum absolute atomic E-state index is 0.209. The number of rotatable bonds is 8. The number of ether oxygens (including phenoxy) is 1. The molecule has 166 valence electrons. The van der Waals surface area contributed by atoms with Crippen LogP contribution in [0.1, 0.15) is 24.2 Å². The van der Waals surface area contributed by atoms with Crippen molar-refractivity contribution in [2.45, 2.75) is 19.9 Å². The van der Waals surface area contributed by atoms with E-state index in [1.54, 1.807) is 13.8 Å². The number of carbonyl (C=O) groups is 3. The summed E-state index contributed by atoms with van der Waals surface area (Å²) in [6.07, 6.45) is 0. The Bertz CT molecular complexity index is 1080. The second kappa shape index (κ2) is 10.6. The lowest BCUT2D eigenvalue weighted by atomic mass is 10.0. The van der Waals surface area contributed by atoms with Crippen molar-refractivity contribution in [1.82, 2.24) is 10.3 Å². The van der Waals surface area contributed by atoms with Crippen molar-refractivity contribution < 1.29 is 23.5 Å². The van der Waals surface area contributed by atoms with Crippen LogP contribution in [0.4, 0.5) is 9.52 Å². The summed E-state index contributed by atoms with van der Waals surface area (Å²) < 4.78 is 18.1. The fourth-order valence-electron chi connectivity index (χ4n) is 2.78. The van der Waals surface area contributed by atoms with Crippen LogP contribution in [0.3, 0.4) is 0 Å². The molecule has 0 bridgehead atoms. The van der Waals surface area contributed by atoms with Crippen molar-refractivity contribution in [3.05, 3.63) is 71.4 Å². The van der Waals surface area contributed by atoms with E-state index in [2.05, 4.69) is 15.6 Å². The van der Waals surface area contributed by atoms with Gasteiger partial charge >= 0.3 is 5.97 Å². The number of anilines is 1. The number of hydrogen-bond acceptors (Lipinski definition) is 6. The molecule has 0 saturated carbocycles. The topological polar surface area (TPSA) is 97.4 Å². The summed E-state index contributed by atoms with van der Waals surface area (Å²) in [5.74, 6) is -2.58. The molecule has 0 aliphatic rings. The molecule has 32 heavy (non-hydrogen) atoms. The van der Waals surface area contributed by atoms with Crippen LogP contribution in [-0.4, -0.2) is 35.4 Å². The van der Waals surface area contributed by atoms with E-state index in [0.717, 1.165) is 23.4 Å². The van der Waals surface area contributed by atoms with Gasteiger partial charge in [0.15, 0.2) is 11.7 Å². The summed E-state index contributed by atoms with van der Waals surface area (Å²) in [6, 6.07) is 13.5. The zero-order chi connectivity index (χ0) is 23.1. The van der Waals surface area contributed by atoms with E-state index in [0.29, 0.717) is 5.13 Å². The van der Waals surface area contributed by atoms with Gasteiger partial charge in [-0.05, 0) is 30.2 Å². The van der Waals surface area contributed by atoms with Gasteiger partial charge in [-0.25, -0.2) is 14.2 Å². The van der Waals surface area contributed by atoms with Gasteiger partial charge in [-0.2, -0.15) is 0 Å². The Morgan fingerprint density at radius 2 is 1.75 bits per heavy atom. The van der Waals surface area contributed by atoms with Crippen molar-refractivity contribution in [3.63, 3.8) is 0 Å². The molecule has 0 saturated heterocycles. The quantitative estimate of drug-likeness (QED) is 0.503. The van der Waals surface area contributed by atoms with E-state index >= 15 is 0 Å². The first-order valence-corrected chi connectivity index (χ1v) is 10.8. The average molecular weight is 456 g/mol. The second-order valence-corrected chi connectivity index (χ2v) is 8.12. The lowest BCUT2D eigenvalue weighted by Crippen LogP contribution is -2.45. The monoisotopic (exact) mass is 455 g/mol. The fraction of sp³-hybridized carbons (Fsp3) is 0.217. The van der Waals surface area contributed by atoms with Gasteiger partial charge in [0.1, 0.15) is 11.9 Å². The Balaban J connectivity index is 1.53. The van der Waals surface area contributed by atoms with Crippen LogP contribution in [0.2, 0.25) is 0 Å². The molecular formula is C23H22FN3O4S. The second-order valence-electron chi connectivity index (χ2n) is 7.26. The van der Waals surface area contributed by atoms with Crippen LogP contribution in [0.15, 0.2) is 60.0 Å². The molecule has 1 aromatic heterocycles. The molecule has 0 unspecified atom stereocenters. The summed E-state index contributed by atoms with van der Waals surface area (Å²) in [5, 5.41) is 7.37. The van der Waals surface area contributed by atoms with E-state index < -0.39 is 36.2 Å². The molecule has 1 heterocycles. The van der Waals surface area contributed by atoms with Crippen molar-refractivity contribution in [2.75, 3.05) is 11.9 Å². The molecule has 0 fully saturated rings. The number of nitrogens with zero attached hydrogens (tertiary/aromatic N) is 1. The molecule has 2 aromatic carbocycles. The number of benzene rings is 2. The first-order valence-electron chi connectivity index (χ1n) is 9.87. The van der Waals surface area contributed by atoms with Crippen LogP contribution >= 0.6 is 11.3 Å². The van der Waals surface area contributed by atoms with Gasteiger partial charge in [0.2, 0.25) is 0 Å². The first-order chi connectivity index (χ1) is 15.3. The van der Waals surface area contributed by atoms with Gasteiger partial charge in [-0.15, -0.1) is 11.3 Å². The average Bonchev–Trinajstić information content (AvgIpc) is 3.25. The third-order valence-electron chi connectivity index (χ3n) is 4.48. The summed E-state index contributed by atoms with van der Waals surface area (Å²) in [4.78, 5) is 41.3. The highest BCUT2D eigenvalue weighted by molar-refractivity contribution is 7.14. The maximum atomic E-state index is 13.0. The minimum atomic E-state index is -0.968. The Kier molecular flexibility index (Phi) is 7.67. The Labute approximate surface area is 188 Å². The molecular weight excluding hydrogens is 433 g/mol. The maximum Gasteiger partial charge on any atom is 0.329 e. The largest absolute Gasteiger partial charge is 0.454 e. The lowest BCUT2D eigenvalue weighted by molar-refractivity contribution is -0.150. The highest BCUT2D eigenvalue weighted by Crippen LogP contribution is 2.24. The molecule has 2 amide bonds. The molecule has 3 aromatic rings. The molecule has 7 nitrogen and oxygen atoms in total. The number of carbonyl (C=O) groups excluding carboxylic acids is 3. The molecule has 0 spiro atoms. The van der Waals surface area contributed by atoms with E-state index in [4.69, 9.17) is 4.74 Å². The van der Waals surface area contributed by atoms with E-state index in [1.807, 2.05) is 35.7 Å². The third-order valence-corrected chi connectivity index (χ3v) is 5.24. The highest BCUT2D eigenvalue weighted by atomic mass is 32.1. The number of thiazole rings is 1. The van der Waals surface area contributed by atoms with Gasteiger partial charge in [0.25, 0.3) is 11.8 Å². The predicted octanol–water partition coefficient (Wildman–Crippen LogP) is 3.89. The van der Waals surface area contributed by atoms with Crippen LogP contribution in [-0.2, 0) is 14.3 Å². The molecule has 3 rings (SSSR count). The van der Waals surface area contributed by atoms with Crippen molar-refractivity contribution in [3.8, 4) is 11.3 Å². The molecule has 0 aliphatic carbocycles. The molecule has 0 radical (unpaired) electrons. The van der Waals surface area contributed by atoms with Gasteiger partial charge in [-0.1, -0.05) is 44.2 Å². The van der Waals surface area contributed by atoms with Gasteiger partial charge < -0.3 is 10.1 Å². The van der Waals surface area contributed by atoms with Gasteiger partial charge in [0.05, 0.1) is 5.69 Å². The Morgan fingerprint density at radius 1 is 1.06 bits per heavy atom. The fourth-order valence-corrected chi connectivity index (χ4v) is 3.51. The van der Waals surface area contributed by atoms with Crippen LogP contribution in [0, 0.1) is 11.7 Å². The van der Waals surface area contributed by atoms with Crippen molar-refractivity contribution >= 4 is 34.3 Å². The normalized spacial score (nSPS) is 11.6. The zero-order valence-corrected chi connectivity index (χ0v) is 18.3. The Hall–Kier alpha value is -3.59. The molecule has 9 heteroatoms. The smallest absolute Gasteiger partial charge is 0.329 e. The number of aromatic nitrogens is 1. The first kappa shape index (κ1) is 23.1. The number of esters is 1. The Morgan fingerprint density at radius 3 is 2.41 bits per heavy atom. The van der Waals surface area contributed by atoms with E-state index in [9.17, 15) is 18.8 Å². The van der Waals surface area contributed by atoms with Crippen LogP contribution in [0.25, 0.3) is 11.3 Å². The predicted molar refractivity (Wildman–Crippen MR) is 120 cm³/mol. The molecule has 0 aliphatic heterocycles. The SMILES string of the molecule is CC(C)[C@@H](NC(=O)c1ccc(F)cc1)C(=O)OCC(=O)Nc1nc(-c2ccccc2)cs1. The zero-order valence-electron chi connectivity index (χ0n) is 17.5. The lowest BCUT2D eigenvalue weighted by Gasteiger charge is -2.20. The van der Waals surface area contributed by atoms with E-state index in [1.165, 1.54) is 23.5 Å². The molecule has 1 atom stereocenters. The number of nitrogens with one attached hydrogen (secondary N) is 2. The van der Waals surface area contributed by atoms with Crippen molar-refractivity contribution in [1.29, 1.82) is 0 Å². The third kappa shape index (κ3) is 6.21. The summed E-state index contributed by atoms with van der Waals surface area (Å²) >= 11 is 1.26. The van der Waals surface area contributed by atoms with Gasteiger partial charge in [-0.3, -0.25) is 14.9 Å². The summed E-state index contributed by atoms with van der Waals surface area (Å²) in [7, 11) is 0. The van der Waals surface area contributed by atoms with E-state index in [-0.39, 0.29) is 11.5 Å². The number of amides is 2.